The van der Waals surface area contributed by atoms with Gasteiger partial charge in [-0.05, 0) is 35.9 Å². The van der Waals surface area contributed by atoms with Gasteiger partial charge in [0, 0.05) is 23.5 Å². The van der Waals surface area contributed by atoms with Gasteiger partial charge in [0.1, 0.15) is 11.6 Å². The van der Waals surface area contributed by atoms with E-state index >= 15 is 0 Å². The second-order valence-electron chi connectivity index (χ2n) is 6.14. The van der Waals surface area contributed by atoms with Gasteiger partial charge >= 0.3 is 0 Å². The topological polar surface area (TPSA) is 79.8 Å². The van der Waals surface area contributed by atoms with Gasteiger partial charge in [0.2, 0.25) is 5.95 Å². The van der Waals surface area contributed by atoms with Crippen molar-refractivity contribution >= 4 is 23.2 Å². The molecule has 0 saturated carbocycles. The van der Waals surface area contributed by atoms with E-state index in [1.807, 2.05) is 36.4 Å². The summed E-state index contributed by atoms with van der Waals surface area (Å²) < 4.78 is 13.3. The first-order valence-corrected chi connectivity index (χ1v) is 8.85. The first-order chi connectivity index (χ1) is 14.2. The molecule has 4 aromatic rings. The Morgan fingerprint density at radius 1 is 0.897 bits per heavy atom. The van der Waals surface area contributed by atoms with Crippen molar-refractivity contribution in [1.82, 2.24) is 15.0 Å². The van der Waals surface area contributed by atoms with Gasteiger partial charge < -0.3 is 10.6 Å². The third-order valence-electron chi connectivity index (χ3n) is 4.15. The fourth-order valence-corrected chi connectivity index (χ4v) is 2.81. The molecule has 7 heteroatoms. The number of carbonyl (C=O) groups is 1. The first kappa shape index (κ1) is 18.2. The highest BCUT2D eigenvalue weighted by atomic mass is 19.1. The molecule has 0 aliphatic carbocycles. The number of rotatable bonds is 5. The SMILES string of the molecule is O=C(Nc1cnccc1-c1ccccc1)c1ccnc(Nc2cccc(F)n2)c1. The largest absolute Gasteiger partial charge is 0.325 e. The van der Waals surface area contributed by atoms with Gasteiger partial charge in [-0.2, -0.15) is 4.39 Å². The number of hydrogen-bond donors (Lipinski definition) is 2. The molecular weight excluding hydrogens is 369 g/mol. The lowest BCUT2D eigenvalue weighted by molar-refractivity contribution is 0.102. The number of nitrogens with one attached hydrogen (secondary N) is 2. The van der Waals surface area contributed by atoms with Gasteiger partial charge in [0.25, 0.3) is 5.91 Å². The summed E-state index contributed by atoms with van der Waals surface area (Å²) in [5.74, 6) is -0.236. The average molecular weight is 385 g/mol. The van der Waals surface area contributed by atoms with Crippen LogP contribution in [0.15, 0.2) is 85.3 Å². The van der Waals surface area contributed by atoms with Gasteiger partial charge in [-0.3, -0.25) is 9.78 Å². The predicted octanol–water partition coefficient (Wildman–Crippen LogP) is 4.67. The summed E-state index contributed by atoms with van der Waals surface area (Å²) in [6.45, 7) is 0. The van der Waals surface area contributed by atoms with Gasteiger partial charge in [-0.1, -0.05) is 36.4 Å². The molecule has 4 rings (SSSR count). The van der Waals surface area contributed by atoms with Crippen LogP contribution in [0.4, 0.5) is 21.7 Å². The number of aromatic nitrogens is 3. The smallest absolute Gasteiger partial charge is 0.255 e. The van der Waals surface area contributed by atoms with Crippen LogP contribution < -0.4 is 10.6 Å². The lowest BCUT2D eigenvalue weighted by Crippen LogP contribution is -2.13. The minimum absolute atomic E-state index is 0.300. The molecule has 0 aliphatic heterocycles. The number of anilines is 3. The maximum absolute atomic E-state index is 13.3. The third kappa shape index (κ3) is 4.41. The van der Waals surface area contributed by atoms with Crippen molar-refractivity contribution in [1.29, 1.82) is 0 Å². The minimum atomic E-state index is -0.603. The van der Waals surface area contributed by atoms with E-state index in [4.69, 9.17) is 0 Å². The zero-order valence-electron chi connectivity index (χ0n) is 15.2. The summed E-state index contributed by atoms with van der Waals surface area (Å²) in [6, 6.07) is 19.1. The number of carbonyl (C=O) groups excluding carboxylic acids is 1. The standard InChI is InChI=1S/C22H16FN5O/c23-19-7-4-8-20(27-19)28-21-13-16(9-12-25-21)22(29)26-18-14-24-11-10-17(18)15-5-2-1-3-6-15/h1-14H,(H,26,29)(H,25,27,28). The van der Waals surface area contributed by atoms with Gasteiger partial charge in [-0.25, -0.2) is 9.97 Å². The van der Waals surface area contributed by atoms with Crippen LogP contribution in [0.1, 0.15) is 10.4 Å². The molecule has 0 atom stereocenters. The van der Waals surface area contributed by atoms with Crippen LogP contribution in [0, 0.1) is 5.95 Å². The molecule has 29 heavy (non-hydrogen) atoms. The lowest BCUT2D eigenvalue weighted by atomic mass is 10.1. The Labute approximate surface area is 166 Å². The highest BCUT2D eigenvalue weighted by Gasteiger charge is 2.12. The summed E-state index contributed by atoms with van der Waals surface area (Å²) >= 11 is 0. The number of nitrogens with zero attached hydrogens (tertiary/aromatic N) is 3. The van der Waals surface area contributed by atoms with Crippen molar-refractivity contribution in [3.8, 4) is 11.1 Å². The van der Waals surface area contributed by atoms with Crippen LogP contribution in [-0.4, -0.2) is 20.9 Å². The van der Waals surface area contributed by atoms with E-state index in [0.29, 0.717) is 22.9 Å². The molecule has 142 valence electrons. The second kappa shape index (κ2) is 8.26. The monoisotopic (exact) mass is 385 g/mol. The number of hydrogen-bond acceptors (Lipinski definition) is 5. The van der Waals surface area contributed by atoms with Gasteiger partial charge in [-0.15, -0.1) is 0 Å². The molecule has 3 heterocycles. The molecular formula is C22H16FN5O. The maximum atomic E-state index is 13.3. The molecule has 0 unspecified atom stereocenters. The van der Waals surface area contributed by atoms with Crippen LogP contribution in [-0.2, 0) is 0 Å². The highest BCUT2D eigenvalue weighted by Crippen LogP contribution is 2.27. The van der Waals surface area contributed by atoms with Crippen LogP contribution >= 0.6 is 0 Å². The van der Waals surface area contributed by atoms with Crippen molar-refractivity contribution < 1.29 is 9.18 Å². The molecule has 0 saturated heterocycles. The van der Waals surface area contributed by atoms with Gasteiger partial charge in [0.05, 0.1) is 11.9 Å². The van der Waals surface area contributed by atoms with E-state index in [-0.39, 0.29) is 5.91 Å². The first-order valence-electron chi connectivity index (χ1n) is 8.85. The molecule has 6 nitrogen and oxygen atoms in total. The summed E-state index contributed by atoms with van der Waals surface area (Å²) in [5.41, 5.74) is 2.83. The van der Waals surface area contributed by atoms with E-state index in [1.165, 1.54) is 18.3 Å². The van der Waals surface area contributed by atoms with Crippen molar-refractivity contribution in [3.63, 3.8) is 0 Å². The van der Waals surface area contributed by atoms with E-state index in [9.17, 15) is 9.18 Å². The maximum Gasteiger partial charge on any atom is 0.255 e. The molecule has 1 amide bonds. The van der Waals surface area contributed by atoms with Crippen LogP contribution in [0.25, 0.3) is 11.1 Å². The van der Waals surface area contributed by atoms with Crippen molar-refractivity contribution in [2.24, 2.45) is 0 Å². The van der Waals surface area contributed by atoms with Crippen LogP contribution in [0.3, 0.4) is 0 Å². The molecule has 0 spiro atoms. The van der Waals surface area contributed by atoms with Crippen molar-refractivity contribution in [3.05, 3.63) is 96.8 Å². The fraction of sp³-hybridized carbons (Fsp3) is 0. The minimum Gasteiger partial charge on any atom is -0.325 e. The molecule has 0 fully saturated rings. The number of halogens is 1. The third-order valence-corrected chi connectivity index (χ3v) is 4.15. The molecule has 0 aliphatic rings. The number of pyridine rings is 3. The fourth-order valence-electron chi connectivity index (χ4n) is 2.81. The van der Waals surface area contributed by atoms with Crippen LogP contribution in [0.5, 0.6) is 0 Å². The zero-order chi connectivity index (χ0) is 20.1. The van der Waals surface area contributed by atoms with Crippen molar-refractivity contribution in [2.45, 2.75) is 0 Å². The lowest BCUT2D eigenvalue weighted by Gasteiger charge is -2.11. The Kier molecular flexibility index (Phi) is 5.20. The predicted molar refractivity (Wildman–Crippen MR) is 109 cm³/mol. The highest BCUT2D eigenvalue weighted by molar-refractivity contribution is 6.06. The molecule has 1 aromatic carbocycles. The Hall–Kier alpha value is -4.13. The Morgan fingerprint density at radius 2 is 1.76 bits per heavy atom. The summed E-state index contributed by atoms with van der Waals surface area (Å²) in [4.78, 5) is 24.8. The number of amides is 1. The van der Waals surface area contributed by atoms with E-state index < -0.39 is 5.95 Å². The van der Waals surface area contributed by atoms with E-state index in [0.717, 1.165) is 11.1 Å². The Morgan fingerprint density at radius 3 is 2.59 bits per heavy atom. The Balaban J connectivity index is 1.56. The molecule has 0 bridgehead atoms. The van der Waals surface area contributed by atoms with Gasteiger partial charge in [0.15, 0.2) is 0 Å². The number of benzene rings is 1. The molecule has 2 N–H and O–H groups in total. The van der Waals surface area contributed by atoms with Crippen molar-refractivity contribution in [2.75, 3.05) is 10.6 Å². The normalized spacial score (nSPS) is 10.4. The van der Waals surface area contributed by atoms with E-state index in [1.54, 1.807) is 30.6 Å². The quantitative estimate of drug-likeness (QED) is 0.488. The second-order valence-corrected chi connectivity index (χ2v) is 6.14. The van der Waals surface area contributed by atoms with Crippen LogP contribution in [0.2, 0.25) is 0 Å². The molecule has 0 radical (unpaired) electrons. The molecule has 3 aromatic heterocycles. The van der Waals surface area contributed by atoms with E-state index in [2.05, 4.69) is 25.6 Å². The summed E-state index contributed by atoms with van der Waals surface area (Å²) in [6.07, 6.45) is 4.79. The zero-order valence-corrected chi connectivity index (χ0v) is 15.2. The average Bonchev–Trinajstić information content (AvgIpc) is 2.75. The summed E-state index contributed by atoms with van der Waals surface area (Å²) in [7, 11) is 0. The Bertz CT molecular complexity index is 1150. The summed E-state index contributed by atoms with van der Waals surface area (Å²) in [5, 5.41) is 5.78.